The predicted octanol–water partition coefficient (Wildman–Crippen LogP) is 2.51. The summed E-state index contributed by atoms with van der Waals surface area (Å²) in [5.74, 6) is 0.0124. The molecule has 1 heterocycles. The smallest absolute Gasteiger partial charge is 0.261 e. The van der Waals surface area contributed by atoms with Crippen LogP contribution in [0.25, 0.3) is 0 Å². The van der Waals surface area contributed by atoms with Gasteiger partial charge in [0, 0.05) is 18.0 Å². The molecule has 1 aromatic heterocycles. The molecule has 17 heavy (non-hydrogen) atoms. The zero-order valence-corrected chi connectivity index (χ0v) is 11.4. The van der Waals surface area contributed by atoms with E-state index in [9.17, 15) is 4.79 Å². The molecule has 3 nitrogen and oxygen atoms in total. The zero-order valence-electron chi connectivity index (χ0n) is 10.6. The molecule has 0 atom stereocenters. The molecule has 0 radical (unpaired) electrons. The van der Waals surface area contributed by atoms with Gasteiger partial charge in [0.05, 0.1) is 4.88 Å². The minimum Gasteiger partial charge on any atom is -0.396 e. The van der Waals surface area contributed by atoms with Crippen molar-refractivity contribution in [2.75, 3.05) is 13.2 Å². The van der Waals surface area contributed by atoms with E-state index in [1.807, 2.05) is 6.07 Å². The first kappa shape index (κ1) is 14.2. The Morgan fingerprint density at radius 3 is 2.88 bits per heavy atom. The molecule has 0 saturated heterocycles. The van der Waals surface area contributed by atoms with Crippen LogP contribution in [0.15, 0.2) is 6.07 Å². The number of carbonyl (C=O) groups excluding carboxylic acids is 1. The zero-order chi connectivity index (χ0) is 12.7. The highest BCUT2D eigenvalue weighted by atomic mass is 32.1. The third kappa shape index (κ3) is 4.48. The number of nitrogens with one attached hydrogen (secondary N) is 1. The maximum atomic E-state index is 11.8. The summed E-state index contributed by atoms with van der Waals surface area (Å²) in [6.45, 7) is 5.04. The standard InChI is InChI=1S/C13H21NO2S/c1-3-6-11-9-12(17-10(11)2)13(16)14-7-4-5-8-15/h9,15H,3-8H2,1-2H3,(H,14,16). The SMILES string of the molecule is CCCc1cc(C(=O)NCCCCO)sc1C. The summed E-state index contributed by atoms with van der Waals surface area (Å²) >= 11 is 1.56. The van der Waals surface area contributed by atoms with Gasteiger partial charge in [-0.25, -0.2) is 0 Å². The summed E-state index contributed by atoms with van der Waals surface area (Å²) in [5, 5.41) is 11.5. The summed E-state index contributed by atoms with van der Waals surface area (Å²) in [7, 11) is 0. The number of carbonyl (C=O) groups is 1. The van der Waals surface area contributed by atoms with E-state index in [2.05, 4.69) is 19.2 Å². The molecule has 0 bridgehead atoms. The van der Waals surface area contributed by atoms with Gasteiger partial charge in [-0.05, 0) is 37.8 Å². The maximum Gasteiger partial charge on any atom is 0.261 e. The predicted molar refractivity (Wildman–Crippen MR) is 71.7 cm³/mol. The van der Waals surface area contributed by atoms with Crippen LogP contribution < -0.4 is 5.32 Å². The Kier molecular flexibility index (Phi) is 6.22. The molecule has 96 valence electrons. The molecule has 0 spiro atoms. The number of hydrogen-bond acceptors (Lipinski definition) is 3. The van der Waals surface area contributed by atoms with Crippen molar-refractivity contribution < 1.29 is 9.90 Å². The fourth-order valence-electron chi connectivity index (χ4n) is 1.68. The second-order valence-corrected chi connectivity index (χ2v) is 5.39. The number of aliphatic hydroxyl groups is 1. The van der Waals surface area contributed by atoms with Crippen molar-refractivity contribution in [3.8, 4) is 0 Å². The second-order valence-electron chi connectivity index (χ2n) is 4.13. The van der Waals surface area contributed by atoms with E-state index in [1.165, 1.54) is 10.4 Å². The van der Waals surface area contributed by atoms with E-state index in [0.717, 1.165) is 30.6 Å². The Morgan fingerprint density at radius 1 is 1.47 bits per heavy atom. The number of thiophene rings is 1. The normalized spacial score (nSPS) is 10.5. The van der Waals surface area contributed by atoms with E-state index in [-0.39, 0.29) is 12.5 Å². The van der Waals surface area contributed by atoms with Crippen molar-refractivity contribution in [2.45, 2.75) is 39.5 Å². The van der Waals surface area contributed by atoms with Crippen LogP contribution in [-0.2, 0) is 6.42 Å². The van der Waals surface area contributed by atoms with Gasteiger partial charge in [0.25, 0.3) is 5.91 Å². The highest BCUT2D eigenvalue weighted by molar-refractivity contribution is 7.14. The van der Waals surface area contributed by atoms with Crippen LogP contribution in [0.5, 0.6) is 0 Å². The summed E-state index contributed by atoms with van der Waals surface area (Å²) in [6, 6.07) is 2.00. The van der Waals surface area contributed by atoms with Gasteiger partial charge in [0.2, 0.25) is 0 Å². The summed E-state index contributed by atoms with van der Waals surface area (Å²) < 4.78 is 0. The van der Waals surface area contributed by atoms with Gasteiger partial charge >= 0.3 is 0 Å². The van der Waals surface area contributed by atoms with E-state index < -0.39 is 0 Å². The molecule has 0 fully saturated rings. The van der Waals surface area contributed by atoms with Crippen LogP contribution in [0.2, 0.25) is 0 Å². The fraction of sp³-hybridized carbons (Fsp3) is 0.615. The monoisotopic (exact) mass is 255 g/mol. The summed E-state index contributed by atoms with van der Waals surface area (Å²) in [4.78, 5) is 13.9. The van der Waals surface area contributed by atoms with Gasteiger partial charge in [-0.1, -0.05) is 13.3 Å². The first-order chi connectivity index (χ1) is 8.19. The average molecular weight is 255 g/mol. The molecule has 0 unspecified atom stereocenters. The molecule has 0 aliphatic heterocycles. The Labute approximate surface area is 107 Å². The lowest BCUT2D eigenvalue weighted by molar-refractivity contribution is 0.0956. The quantitative estimate of drug-likeness (QED) is 0.736. The average Bonchev–Trinajstić information content (AvgIpc) is 2.67. The fourth-order valence-corrected chi connectivity index (χ4v) is 2.66. The maximum absolute atomic E-state index is 11.8. The number of aliphatic hydroxyl groups excluding tert-OH is 1. The van der Waals surface area contributed by atoms with Gasteiger partial charge in [-0.3, -0.25) is 4.79 Å². The van der Waals surface area contributed by atoms with Gasteiger partial charge in [0.1, 0.15) is 0 Å². The summed E-state index contributed by atoms with van der Waals surface area (Å²) in [5.41, 5.74) is 1.29. The van der Waals surface area contributed by atoms with Crippen molar-refractivity contribution >= 4 is 17.2 Å². The van der Waals surface area contributed by atoms with Crippen molar-refractivity contribution in [1.82, 2.24) is 5.32 Å². The van der Waals surface area contributed by atoms with Crippen molar-refractivity contribution in [1.29, 1.82) is 0 Å². The minimum absolute atomic E-state index is 0.0124. The van der Waals surface area contributed by atoms with Crippen molar-refractivity contribution in [3.63, 3.8) is 0 Å². The van der Waals surface area contributed by atoms with Crippen LogP contribution >= 0.6 is 11.3 Å². The van der Waals surface area contributed by atoms with E-state index in [1.54, 1.807) is 11.3 Å². The van der Waals surface area contributed by atoms with Crippen molar-refractivity contribution in [3.05, 3.63) is 21.4 Å². The number of amides is 1. The molecule has 0 saturated carbocycles. The molecule has 1 aromatic rings. The Bertz CT molecular complexity index is 360. The molecular weight excluding hydrogens is 234 g/mol. The van der Waals surface area contributed by atoms with E-state index >= 15 is 0 Å². The lowest BCUT2D eigenvalue weighted by Gasteiger charge is -2.01. The third-order valence-electron chi connectivity index (χ3n) is 2.63. The molecular formula is C13H21NO2S. The van der Waals surface area contributed by atoms with Crippen LogP contribution in [0.3, 0.4) is 0 Å². The van der Waals surface area contributed by atoms with Gasteiger partial charge in [-0.2, -0.15) is 0 Å². The van der Waals surface area contributed by atoms with Crippen molar-refractivity contribution in [2.24, 2.45) is 0 Å². The van der Waals surface area contributed by atoms with E-state index in [4.69, 9.17) is 5.11 Å². The lowest BCUT2D eigenvalue weighted by atomic mass is 10.1. The third-order valence-corrected chi connectivity index (χ3v) is 3.73. The van der Waals surface area contributed by atoms with Gasteiger partial charge in [0.15, 0.2) is 0 Å². The Morgan fingerprint density at radius 2 is 2.24 bits per heavy atom. The van der Waals surface area contributed by atoms with Gasteiger partial charge in [-0.15, -0.1) is 11.3 Å². The molecule has 0 aliphatic carbocycles. The number of hydrogen-bond donors (Lipinski definition) is 2. The molecule has 1 amide bonds. The molecule has 0 aliphatic rings. The number of unbranched alkanes of at least 4 members (excludes halogenated alkanes) is 1. The topological polar surface area (TPSA) is 49.3 Å². The second kappa shape index (κ2) is 7.45. The lowest BCUT2D eigenvalue weighted by Crippen LogP contribution is -2.23. The Hall–Kier alpha value is -0.870. The molecule has 1 rings (SSSR count). The first-order valence-electron chi connectivity index (χ1n) is 6.17. The Balaban J connectivity index is 2.48. The largest absolute Gasteiger partial charge is 0.396 e. The number of aryl methyl sites for hydroxylation is 2. The highest BCUT2D eigenvalue weighted by Gasteiger charge is 2.11. The van der Waals surface area contributed by atoms with Crippen LogP contribution in [0, 0.1) is 6.92 Å². The molecule has 0 aromatic carbocycles. The molecule has 2 N–H and O–H groups in total. The van der Waals surface area contributed by atoms with E-state index in [0.29, 0.717) is 6.54 Å². The summed E-state index contributed by atoms with van der Waals surface area (Å²) in [6.07, 6.45) is 3.72. The van der Waals surface area contributed by atoms with Gasteiger partial charge < -0.3 is 10.4 Å². The van der Waals surface area contributed by atoms with Crippen LogP contribution in [-0.4, -0.2) is 24.2 Å². The van der Waals surface area contributed by atoms with Crippen LogP contribution in [0.4, 0.5) is 0 Å². The minimum atomic E-state index is 0.0124. The molecule has 4 heteroatoms. The highest BCUT2D eigenvalue weighted by Crippen LogP contribution is 2.22. The number of rotatable bonds is 7. The first-order valence-corrected chi connectivity index (χ1v) is 6.99. The van der Waals surface area contributed by atoms with Crippen LogP contribution in [0.1, 0.15) is 46.3 Å².